The first-order valence-electron chi connectivity index (χ1n) is 8.43. The smallest absolute Gasteiger partial charge is 0.250 e. The van der Waals surface area contributed by atoms with E-state index in [2.05, 4.69) is 34.5 Å². The summed E-state index contributed by atoms with van der Waals surface area (Å²) in [6.07, 6.45) is 4.22. The lowest BCUT2D eigenvalue weighted by atomic mass is 10.1. The minimum atomic E-state index is -0.168. The van der Waals surface area contributed by atoms with Crippen molar-refractivity contribution in [2.24, 2.45) is 0 Å². The molecule has 0 aliphatic carbocycles. The molecule has 126 valence electrons. The van der Waals surface area contributed by atoms with E-state index in [0.717, 1.165) is 12.1 Å². The lowest BCUT2D eigenvalue weighted by Gasteiger charge is -2.14. The van der Waals surface area contributed by atoms with Crippen molar-refractivity contribution in [1.29, 1.82) is 0 Å². The number of carbonyl (C=O) groups is 1. The number of nitrogens with one attached hydrogen (secondary N) is 1. The summed E-state index contributed by atoms with van der Waals surface area (Å²) in [5, 5.41) is 2.86. The summed E-state index contributed by atoms with van der Waals surface area (Å²) >= 11 is 0. The molecule has 1 amide bonds. The van der Waals surface area contributed by atoms with Gasteiger partial charge in [-0.25, -0.2) is 0 Å². The van der Waals surface area contributed by atoms with E-state index in [0.29, 0.717) is 6.54 Å². The number of amides is 1. The molecule has 1 saturated heterocycles. The number of nitrogens with zero attached hydrogens (tertiary/aromatic N) is 2. The van der Waals surface area contributed by atoms with Crippen LogP contribution in [0.3, 0.4) is 0 Å². The summed E-state index contributed by atoms with van der Waals surface area (Å²) in [7, 11) is 0. The summed E-state index contributed by atoms with van der Waals surface area (Å²) < 4.78 is 1.40. The SMILES string of the molecule is O=C(Cn1ccccc1=O)NCc1ccc(CN2CCCC2)cc1. The summed E-state index contributed by atoms with van der Waals surface area (Å²) in [5.74, 6) is -0.163. The van der Waals surface area contributed by atoms with Crippen LogP contribution in [-0.2, 0) is 24.4 Å². The summed E-state index contributed by atoms with van der Waals surface area (Å²) in [6, 6.07) is 13.2. The Hall–Kier alpha value is -2.40. The molecule has 5 heteroatoms. The van der Waals surface area contributed by atoms with Gasteiger partial charge < -0.3 is 9.88 Å². The van der Waals surface area contributed by atoms with Crippen LogP contribution in [0.1, 0.15) is 24.0 Å². The van der Waals surface area contributed by atoms with Crippen LogP contribution in [0, 0.1) is 0 Å². The molecule has 1 fully saturated rings. The van der Waals surface area contributed by atoms with Crippen LogP contribution in [0.2, 0.25) is 0 Å². The van der Waals surface area contributed by atoms with Crippen molar-refractivity contribution in [2.75, 3.05) is 13.1 Å². The number of carbonyl (C=O) groups excluding carboxylic acids is 1. The Morgan fingerprint density at radius 3 is 2.42 bits per heavy atom. The molecule has 5 nitrogen and oxygen atoms in total. The molecule has 0 radical (unpaired) electrons. The molecule has 2 heterocycles. The Kier molecular flexibility index (Phi) is 5.43. The van der Waals surface area contributed by atoms with Gasteiger partial charge in [-0.15, -0.1) is 0 Å². The predicted octanol–water partition coefficient (Wildman–Crippen LogP) is 1.76. The van der Waals surface area contributed by atoms with Crippen LogP contribution in [0.25, 0.3) is 0 Å². The average molecular weight is 325 g/mol. The van der Waals surface area contributed by atoms with Gasteiger partial charge >= 0.3 is 0 Å². The molecular formula is C19H23N3O2. The number of pyridine rings is 1. The number of likely N-dealkylation sites (tertiary alicyclic amines) is 1. The topological polar surface area (TPSA) is 54.3 Å². The maximum absolute atomic E-state index is 12.0. The van der Waals surface area contributed by atoms with Crippen molar-refractivity contribution in [2.45, 2.75) is 32.5 Å². The molecule has 3 rings (SSSR count). The fourth-order valence-electron chi connectivity index (χ4n) is 2.96. The number of hydrogen-bond acceptors (Lipinski definition) is 3. The van der Waals surface area contributed by atoms with E-state index in [4.69, 9.17) is 0 Å². The fourth-order valence-corrected chi connectivity index (χ4v) is 2.96. The van der Waals surface area contributed by atoms with E-state index in [1.807, 2.05) is 0 Å². The van der Waals surface area contributed by atoms with Gasteiger partial charge in [0.05, 0.1) is 0 Å². The highest BCUT2D eigenvalue weighted by Gasteiger charge is 2.11. The monoisotopic (exact) mass is 325 g/mol. The van der Waals surface area contributed by atoms with Crippen molar-refractivity contribution >= 4 is 5.91 Å². The molecule has 0 saturated carbocycles. The van der Waals surface area contributed by atoms with Crippen LogP contribution < -0.4 is 10.9 Å². The molecule has 0 unspecified atom stereocenters. The zero-order valence-electron chi connectivity index (χ0n) is 13.8. The third kappa shape index (κ3) is 4.55. The summed E-state index contributed by atoms with van der Waals surface area (Å²) in [5.41, 5.74) is 2.20. The van der Waals surface area contributed by atoms with Crippen LogP contribution in [0.4, 0.5) is 0 Å². The molecule has 0 spiro atoms. The number of benzene rings is 1. The number of aromatic nitrogens is 1. The fraction of sp³-hybridized carbons (Fsp3) is 0.368. The van der Waals surface area contributed by atoms with Crippen LogP contribution >= 0.6 is 0 Å². The molecule has 1 N–H and O–H groups in total. The highest BCUT2D eigenvalue weighted by Crippen LogP contribution is 2.13. The van der Waals surface area contributed by atoms with E-state index in [9.17, 15) is 9.59 Å². The lowest BCUT2D eigenvalue weighted by molar-refractivity contribution is -0.121. The van der Waals surface area contributed by atoms with Crippen molar-refractivity contribution < 1.29 is 4.79 Å². The van der Waals surface area contributed by atoms with Gasteiger partial charge in [0.2, 0.25) is 5.91 Å². The average Bonchev–Trinajstić information content (AvgIpc) is 3.09. The van der Waals surface area contributed by atoms with Crippen LogP contribution in [0.5, 0.6) is 0 Å². The minimum absolute atomic E-state index is 0.0483. The highest BCUT2D eigenvalue weighted by molar-refractivity contribution is 5.75. The Balaban J connectivity index is 1.48. The lowest BCUT2D eigenvalue weighted by Crippen LogP contribution is -2.31. The predicted molar refractivity (Wildman–Crippen MR) is 93.5 cm³/mol. The van der Waals surface area contributed by atoms with Gasteiger partial charge in [0.25, 0.3) is 5.56 Å². The molecule has 2 aromatic rings. The van der Waals surface area contributed by atoms with Gasteiger partial charge in [0.15, 0.2) is 0 Å². The van der Waals surface area contributed by atoms with Crippen molar-refractivity contribution in [3.8, 4) is 0 Å². The molecule has 24 heavy (non-hydrogen) atoms. The minimum Gasteiger partial charge on any atom is -0.350 e. The maximum atomic E-state index is 12.0. The summed E-state index contributed by atoms with van der Waals surface area (Å²) in [6.45, 7) is 3.91. The Morgan fingerprint density at radius 2 is 1.71 bits per heavy atom. The van der Waals surface area contributed by atoms with Crippen molar-refractivity contribution in [3.05, 3.63) is 70.1 Å². The van der Waals surface area contributed by atoms with E-state index in [-0.39, 0.29) is 18.0 Å². The standard InChI is InChI=1S/C19H23N3O2/c23-18(15-22-12-2-1-5-19(22)24)20-13-16-6-8-17(9-7-16)14-21-10-3-4-11-21/h1-2,5-9,12H,3-4,10-11,13-15H2,(H,20,23). The van der Waals surface area contributed by atoms with Gasteiger partial charge in [0.1, 0.15) is 6.54 Å². The Labute approximate surface area is 141 Å². The van der Waals surface area contributed by atoms with E-state index in [1.54, 1.807) is 18.3 Å². The molecule has 1 aromatic heterocycles. The third-order valence-corrected chi connectivity index (χ3v) is 4.33. The van der Waals surface area contributed by atoms with Crippen molar-refractivity contribution in [1.82, 2.24) is 14.8 Å². The maximum Gasteiger partial charge on any atom is 0.250 e. The molecule has 0 bridgehead atoms. The highest BCUT2D eigenvalue weighted by atomic mass is 16.2. The van der Waals surface area contributed by atoms with E-state index >= 15 is 0 Å². The molecule has 1 aromatic carbocycles. The molecule has 1 aliphatic heterocycles. The molecule has 0 atom stereocenters. The first kappa shape index (κ1) is 16.5. The number of hydrogen-bond donors (Lipinski definition) is 1. The molecule has 1 aliphatic rings. The van der Waals surface area contributed by atoms with Crippen LogP contribution in [-0.4, -0.2) is 28.5 Å². The van der Waals surface area contributed by atoms with Gasteiger partial charge in [-0.05, 0) is 43.1 Å². The van der Waals surface area contributed by atoms with E-state index < -0.39 is 0 Å². The largest absolute Gasteiger partial charge is 0.350 e. The second-order valence-electron chi connectivity index (χ2n) is 6.24. The van der Waals surface area contributed by atoms with Crippen LogP contribution in [0.15, 0.2) is 53.5 Å². The van der Waals surface area contributed by atoms with Gasteiger partial charge in [0, 0.05) is 25.4 Å². The quantitative estimate of drug-likeness (QED) is 0.880. The van der Waals surface area contributed by atoms with Gasteiger partial charge in [-0.2, -0.15) is 0 Å². The third-order valence-electron chi connectivity index (χ3n) is 4.33. The second-order valence-corrected chi connectivity index (χ2v) is 6.24. The first-order chi connectivity index (χ1) is 11.7. The number of rotatable bonds is 6. The zero-order valence-corrected chi connectivity index (χ0v) is 13.8. The zero-order chi connectivity index (χ0) is 16.8. The van der Waals surface area contributed by atoms with Gasteiger partial charge in [-0.3, -0.25) is 14.5 Å². The first-order valence-corrected chi connectivity index (χ1v) is 8.43. The van der Waals surface area contributed by atoms with Gasteiger partial charge in [-0.1, -0.05) is 30.3 Å². The second kappa shape index (κ2) is 7.93. The Morgan fingerprint density at radius 1 is 1.00 bits per heavy atom. The Bertz CT molecular complexity index is 731. The summed E-state index contributed by atoms with van der Waals surface area (Å²) in [4.78, 5) is 26.0. The van der Waals surface area contributed by atoms with Crippen molar-refractivity contribution in [3.63, 3.8) is 0 Å². The molecular weight excluding hydrogens is 302 g/mol. The normalized spacial score (nSPS) is 14.7. The van der Waals surface area contributed by atoms with E-state index in [1.165, 1.54) is 42.1 Å².